The Labute approximate surface area is 168 Å². The van der Waals surface area contributed by atoms with Crippen LogP contribution in [-0.2, 0) is 13.0 Å². The fourth-order valence-electron chi connectivity index (χ4n) is 3.18. The maximum Gasteiger partial charge on any atom is 0.270 e. The molecule has 29 heavy (non-hydrogen) atoms. The van der Waals surface area contributed by atoms with Gasteiger partial charge in [0.1, 0.15) is 5.69 Å². The molecule has 3 N–H and O–H groups in total. The van der Waals surface area contributed by atoms with E-state index in [1.165, 1.54) is 10.9 Å². The number of aromatic nitrogens is 4. The highest BCUT2D eigenvalue weighted by molar-refractivity contribution is 5.92. The molecule has 0 unspecified atom stereocenters. The number of hydrogen-bond acceptors (Lipinski definition) is 5. The molecule has 0 aliphatic heterocycles. The smallest absolute Gasteiger partial charge is 0.270 e. The number of rotatable bonds is 7. The molecule has 0 saturated heterocycles. The Kier molecular flexibility index (Phi) is 5.47. The minimum Gasteiger partial charge on any atom is -0.361 e. The number of anilines is 1. The summed E-state index contributed by atoms with van der Waals surface area (Å²) in [5.41, 5.74) is 4.23. The Balaban J connectivity index is 1.37. The van der Waals surface area contributed by atoms with Gasteiger partial charge in [-0.1, -0.05) is 24.3 Å². The predicted molar refractivity (Wildman–Crippen MR) is 113 cm³/mol. The number of para-hydroxylation sites is 1. The molecule has 4 rings (SSSR count). The summed E-state index contributed by atoms with van der Waals surface area (Å²) < 4.78 is 0. The normalized spacial score (nSPS) is 10.8. The number of pyridine rings is 1. The number of nitrogens with zero attached hydrogens (tertiary/aromatic N) is 3. The van der Waals surface area contributed by atoms with Gasteiger partial charge in [-0.2, -0.15) is 0 Å². The van der Waals surface area contributed by atoms with Gasteiger partial charge in [0.15, 0.2) is 0 Å². The van der Waals surface area contributed by atoms with E-state index in [4.69, 9.17) is 0 Å². The van der Waals surface area contributed by atoms with Crippen LogP contribution in [0.2, 0.25) is 0 Å². The summed E-state index contributed by atoms with van der Waals surface area (Å²) in [6, 6.07) is 15.5. The molecule has 0 radical (unpaired) electrons. The van der Waals surface area contributed by atoms with Gasteiger partial charge in [0, 0.05) is 35.5 Å². The zero-order chi connectivity index (χ0) is 20.1. The molecule has 0 aliphatic carbocycles. The van der Waals surface area contributed by atoms with Gasteiger partial charge in [-0.25, -0.2) is 9.97 Å². The predicted octanol–water partition coefficient (Wildman–Crippen LogP) is 3.25. The molecule has 0 aliphatic rings. The van der Waals surface area contributed by atoms with Crippen LogP contribution in [0.1, 0.15) is 27.4 Å². The van der Waals surface area contributed by atoms with Crippen LogP contribution in [0, 0.1) is 6.92 Å². The highest BCUT2D eigenvalue weighted by Gasteiger charge is 2.11. The highest BCUT2D eigenvalue weighted by Crippen LogP contribution is 2.17. The third-order valence-corrected chi connectivity index (χ3v) is 4.60. The Bertz CT molecular complexity index is 1120. The van der Waals surface area contributed by atoms with E-state index in [0.717, 1.165) is 23.3 Å². The van der Waals surface area contributed by atoms with Crippen LogP contribution in [0.15, 0.2) is 60.9 Å². The number of hydrogen-bond donors (Lipinski definition) is 3. The summed E-state index contributed by atoms with van der Waals surface area (Å²) in [6.07, 6.45) is 4.47. The number of fused-ring (bicyclic) bond motifs is 1. The molecular formula is C22H22N6O. The van der Waals surface area contributed by atoms with Crippen LogP contribution in [-0.4, -0.2) is 32.4 Å². The second-order valence-corrected chi connectivity index (χ2v) is 6.76. The minimum atomic E-state index is -0.212. The van der Waals surface area contributed by atoms with Gasteiger partial charge >= 0.3 is 0 Å². The van der Waals surface area contributed by atoms with Gasteiger partial charge in [0.2, 0.25) is 5.95 Å². The van der Waals surface area contributed by atoms with Gasteiger partial charge < -0.3 is 15.6 Å². The van der Waals surface area contributed by atoms with Crippen molar-refractivity contribution in [3.8, 4) is 0 Å². The first-order chi connectivity index (χ1) is 14.2. The van der Waals surface area contributed by atoms with Crippen LogP contribution in [0.4, 0.5) is 5.95 Å². The first-order valence-corrected chi connectivity index (χ1v) is 9.52. The van der Waals surface area contributed by atoms with Crippen molar-refractivity contribution in [3.63, 3.8) is 0 Å². The Morgan fingerprint density at radius 2 is 1.97 bits per heavy atom. The number of H-pyrrole nitrogens is 1. The van der Waals surface area contributed by atoms with E-state index in [-0.39, 0.29) is 5.91 Å². The molecule has 0 spiro atoms. The van der Waals surface area contributed by atoms with Gasteiger partial charge in [0.25, 0.3) is 5.91 Å². The lowest BCUT2D eigenvalue weighted by Crippen LogP contribution is -2.27. The van der Waals surface area contributed by atoms with Crippen molar-refractivity contribution in [1.29, 1.82) is 0 Å². The van der Waals surface area contributed by atoms with Crippen LogP contribution < -0.4 is 10.6 Å². The van der Waals surface area contributed by atoms with Crippen LogP contribution >= 0.6 is 0 Å². The van der Waals surface area contributed by atoms with Crippen molar-refractivity contribution in [1.82, 2.24) is 25.3 Å². The molecule has 0 fully saturated rings. The van der Waals surface area contributed by atoms with E-state index >= 15 is 0 Å². The molecule has 1 amide bonds. The minimum absolute atomic E-state index is 0.212. The fourth-order valence-corrected chi connectivity index (χ4v) is 3.18. The SMILES string of the molecule is Cc1cc(C(=O)NCCc2c[nH]c3ccccc23)nc(NCc2ccccn2)n1. The fraction of sp³-hybridized carbons (Fsp3) is 0.182. The van der Waals surface area contributed by atoms with Crippen LogP contribution in [0.25, 0.3) is 10.9 Å². The van der Waals surface area contributed by atoms with Crippen molar-refractivity contribution < 1.29 is 4.79 Å². The Hall–Kier alpha value is -3.74. The standard InChI is InChI=1S/C22H22N6O/c1-15-12-20(28-22(27-15)26-14-17-6-4-5-10-23-17)21(29)24-11-9-16-13-25-19-8-3-2-7-18(16)19/h2-8,10,12-13,25H,9,11,14H2,1H3,(H,24,29)(H,26,27,28). The molecule has 1 aromatic carbocycles. The third kappa shape index (κ3) is 4.57. The molecule has 7 nitrogen and oxygen atoms in total. The maximum atomic E-state index is 12.6. The van der Waals surface area contributed by atoms with Crippen LogP contribution in [0.5, 0.6) is 0 Å². The van der Waals surface area contributed by atoms with Gasteiger partial charge in [-0.15, -0.1) is 0 Å². The Morgan fingerprint density at radius 3 is 2.83 bits per heavy atom. The number of carbonyl (C=O) groups excluding carboxylic acids is 1. The molecular weight excluding hydrogens is 364 g/mol. The van der Waals surface area contributed by atoms with E-state index in [0.29, 0.717) is 24.7 Å². The first-order valence-electron chi connectivity index (χ1n) is 9.52. The van der Waals surface area contributed by atoms with Gasteiger partial charge in [-0.3, -0.25) is 9.78 Å². The number of aryl methyl sites for hydroxylation is 1. The van der Waals surface area contributed by atoms with Crippen molar-refractivity contribution >= 4 is 22.8 Å². The molecule has 3 heterocycles. The molecule has 146 valence electrons. The lowest BCUT2D eigenvalue weighted by Gasteiger charge is -2.09. The first kappa shape index (κ1) is 18.6. The van der Waals surface area contributed by atoms with Gasteiger partial charge in [0.05, 0.1) is 12.2 Å². The molecule has 0 atom stereocenters. The monoisotopic (exact) mass is 386 g/mol. The van der Waals surface area contributed by atoms with E-state index in [9.17, 15) is 4.79 Å². The summed E-state index contributed by atoms with van der Waals surface area (Å²) in [4.78, 5) is 28.8. The van der Waals surface area contributed by atoms with Crippen molar-refractivity contribution in [3.05, 3.63) is 83.6 Å². The summed E-state index contributed by atoms with van der Waals surface area (Å²) in [6.45, 7) is 2.86. The second kappa shape index (κ2) is 8.52. The quantitative estimate of drug-likeness (QED) is 0.453. The molecule has 0 bridgehead atoms. The number of nitrogens with one attached hydrogen (secondary N) is 3. The topological polar surface area (TPSA) is 95.6 Å². The highest BCUT2D eigenvalue weighted by atomic mass is 16.1. The zero-order valence-corrected chi connectivity index (χ0v) is 16.1. The van der Waals surface area contributed by atoms with E-state index < -0.39 is 0 Å². The lowest BCUT2D eigenvalue weighted by atomic mass is 10.1. The number of benzene rings is 1. The second-order valence-electron chi connectivity index (χ2n) is 6.76. The largest absolute Gasteiger partial charge is 0.361 e. The van der Waals surface area contributed by atoms with Crippen molar-refractivity contribution in [2.75, 3.05) is 11.9 Å². The van der Waals surface area contributed by atoms with E-state index in [2.05, 4.69) is 36.6 Å². The summed E-state index contributed by atoms with van der Waals surface area (Å²) in [5.74, 6) is 0.202. The molecule has 4 aromatic rings. The van der Waals surface area contributed by atoms with Gasteiger partial charge in [-0.05, 0) is 43.2 Å². The number of carbonyl (C=O) groups is 1. The Morgan fingerprint density at radius 1 is 1.10 bits per heavy atom. The average Bonchev–Trinajstić information content (AvgIpc) is 3.16. The molecule has 3 aromatic heterocycles. The summed E-state index contributed by atoms with van der Waals surface area (Å²) in [5, 5.41) is 7.25. The summed E-state index contributed by atoms with van der Waals surface area (Å²) in [7, 11) is 0. The maximum absolute atomic E-state index is 12.6. The van der Waals surface area contributed by atoms with Crippen molar-refractivity contribution in [2.45, 2.75) is 19.9 Å². The van der Waals surface area contributed by atoms with Crippen LogP contribution in [0.3, 0.4) is 0 Å². The summed E-state index contributed by atoms with van der Waals surface area (Å²) >= 11 is 0. The molecule has 0 saturated carbocycles. The van der Waals surface area contributed by atoms with E-state index in [1.54, 1.807) is 12.3 Å². The number of aromatic amines is 1. The average molecular weight is 386 g/mol. The van der Waals surface area contributed by atoms with Crippen molar-refractivity contribution in [2.24, 2.45) is 0 Å². The zero-order valence-electron chi connectivity index (χ0n) is 16.1. The molecule has 7 heteroatoms. The van der Waals surface area contributed by atoms with E-state index in [1.807, 2.05) is 49.5 Å². The number of amides is 1. The lowest BCUT2D eigenvalue weighted by molar-refractivity contribution is 0.0949. The third-order valence-electron chi connectivity index (χ3n) is 4.60.